The number of hydrogen-bond donors (Lipinski definition) is 2. The van der Waals surface area contributed by atoms with Crippen LogP contribution in [0.2, 0.25) is 0 Å². The van der Waals surface area contributed by atoms with Gasteiger partial charge in [-0.3, -0.25) is 0 Å². The highest BCUT2D eigenvalue weighted by molar-refractivity contribution is 5.88. The van der Waals surface area contributed by atoms with Gasteiger partial charge in [0.15, 0.2) is 0 Å². The average molecular weight is 404 g/mol. The molecule has 0 heterocycles. The lowest BCUT2D eigenvalue weighted by Crippen LogP contribution is -2.01. The maximum atomic E-state index is 13.6. The van der Waals surface area contributed by atoms with Crippen LogP contribution >= 0.6 is 0 Å². The van der Waals surface area contributed by atoms with Gasteiger partial charge in [0.05, 0.1) is 11.1 Å². The third kappa shape index (κ3) is 7.29. The van der Waals surface area contributed by atoms with Gasteiger partial charge >= 0.3 is 11.9 Å². The number of aryl methyl sites for hydroxylation is 2. The normalized spacial score (nSPS) is 10.8. The smallest absolute Gasteiger partial charge is 0.338 e. The van der Waals surface area contributed by atoms with Crippen molar-refractivity contribution >= 4 is 11.9 Å². The van der Waals surface area contributed by atoms with Crippen molar-refractivity contribution in [1.29, 1.82) is 0 Å². The predicted molar refractivity (Wildman–Crippen MR) is 106 cm³/mol. The van der Waals surface area contributed by atoms with E-state index in [1.807, 2.05) is 0 Å². The fraction of sp³-hybridized carbons (Fsp3) is 0.391. The summed E-state index contributed by atoms with van der Waals surface area (Å²) >= 11 is 0. The van der Waals surface area contributed by atoms with Gasteiger partial charge in [-0.1, -0.05) is 44.2 Å². The van der Waals surface area contributed by atoms with E-state index in [9.17, 15) is 18.4 Å². The fourth-order valence-electron chi connectivity index (χ4n) is 3.32. The molecule has 2 rings (SSSR count). The Hall–Kier alpha value is -2.76. The van der Waals surface area contributed by atoms with Crippen LogP contribution in [0.4, 0.5) is 8.78 Å². The van der Waals surface area contributed by atoms with Crippen molar-refractivity contribution in [2.24, 2.45) is 0 Å². The van der Waals surface area contributed by atoms with Gasteiger partial charge in [0.1, 0.15) is 11.6 Å². The summed E-state index contributed by atoms with van der Waals surface area (Å²) in [6.45, 7) is 0. The molecule has 0 aromatic heterocycles. The highest BCUT2D eigenvalue weighted by atomic mass is 19.1. The van der Waals surface area contributed by atoms with Crippen LogP contribution in [-0.2, 0) is 12.8 Å². The van der Waals surface area contributed by atoms with Crippen molar-refractivity contribution in [1.82, 2.24) is 0 Å². The van der Waals surface area contributed by atoms with E-state index < -0.39 is 23.6 Å². The van der Waals surface area contributed by atoms with Gasteiger partial charge in [0, 0.05) is 0 Å². The largest absolute Gasteiger partial charge is 0.478 e. The van der Waals surface area contributed by atoms with E-state index in [0.29, 0.717) is 0 Å². The molecule has 4 nitrogen and oxygen atoms in total. The minimum Gasteiger partial charge on any atom is -0.478 e. The maximum Gasteiger partial charge on any atom is 0.338 e. The van der Waals surface area contributed by atoms with Crippen LogP contribution in [0.5, 0.6) is 0 Å². The molecular weight excluding hydrogens is 378 g/mol. The standard InChI is InChI=1S/C23H26F2O4/c24-20-14-16(10-12-18(20)22(26)27)8-6-4-2-1-3-5-7-9-17-11-13-19(23(28)29)21(25)15-17/h10-15H,1-9H2,(H,26,27)(H,28,29). The first-order valence-electron chi connectivity index (χ1n) is 9.92. The van der Waals surface area contributed by atoms with Crippen LogP contribution < -0.4 is 0 Å². The van der Waals surface area contributed by atoms with Crippen molar-refractivity contribution in [2.75, 3.05) is 0 Å². The SMILES string of the molecule is O=C(O)c1ccc(CCCCCCCCCc2ccc(C(=O)O)c(F)c2)cc1F. The van der Waals surface area contributed by atoms with Crippen molar-refractivity contribution in [3.63, 3.8) is 0 Å². The summed E-state index contributed by atoms with van der Waals surface area (Å²) in [5, 5.41) is 17.6. The van der Waals surface area contributed by atoms with Crippen LogP contribution in [-0.4, -0.2) is 22.2 Å². The number of hydrogen-bond acceptors (Lipinski definition) is 2. The third-order valence-corrected chi connectivity index (χ3v) is 4.96. The molecule has 0 amide bonds. The molecular formula is C23H26F2O4. The van der Waals surface area contributed by atoms with Gasteiger partial charge < -0.3 is 10.2 Å². The number of carbonyl (C=O) groups is 2. The molecule has 0 bridgehead atoms. The summed E-state index contributed by atoms with van der Waals surface area (Å²) in [7, 11) is 0. The Labute approximate surface area is 169 Å². The molecule has 0 unspecified atom stereocenters. The van der Waals surface area contributed by atoms with E-state index in [2.05, 4.69) is 0 Å². The second-order valence-electron chi connectivity index (χ2n) is 7.21. The summed E-state index contributed by atoms with van der Waals surface area (Å²) in [6, 6.07) is 8.56. The predicted octanol–water partition coefficient (Wildman–Crippen LogP) is 5.88. The fourth-order valence-corrected chi connectivity index (χ4v) is 3.32. The molecule has 0 fully saturated rings. The van der Waals surface area contributed by atoms with Crippen LogP contribution in [0, 0.1) is 11.6 Å². The number of benzene rings is 2. The topological polar surface area (TPSA) is 74.6 Å². The summed E-state index contributed by atoms with van der Waals surface area (Å²) in [5.74, 6) is -3.88. The van der Waals surface area contributed by atoms with Crippen molar-refractivity contribution in [3.05, 3.63) is 70.3 Å². The molecule has 0 atom stereocenters. The Morgan fingerprint density at radius 1 is 0.621 bits per heavy atom. The van der Waals surface area contributed by atoms with E-state index in [4.69, 9.17) is 10.2 Å². The van der Waals surface area contributed by atoms with E-state index in [0.717, 1.165) is 68.9 Å². The molecule has 0 saturated heterocycles. The van der Waals surface area contributed by atoms with Crippen molar-refractivity contribution in [2.45, 2.75) is 57.8 Å². The monoisotopic (exact) mass is 404 g/mol. The number of unbranched alkanes of at least 4 members (excludes halogenated alkanes) is 6. The minimum atomic E-state index is -1.25. The van der Waals surface area contributed by atoms with E-state index in [-0.39, 0.29) is 11.1 Å². The molecule has 0 aliphatic heterocycles. The first-order valence-corrected chi connectivity index (χ1v) is 9.92. The van der Waals surface area contributed by atoms with Gasteiger partial charge in [-0.15, -0.1) is 0 Å². The van der Waals surface area contributed by atoms with Crippen molar-refractivity contribution < 1.29 is 28.6 Å². The molecule has 29 heavy (non-hydrogen) atoms. The molecule has 0 aliphatic carbocycles. The van der Waals surface area contributed by atoms with Gasteiger partial charge in [-0.25, -0.2) is 18.4 Å². The van der Waals surface area contributed by atoms with E-state index >= 15 is 0 Å². The van der Waals surface area contributed by atoms with Crippen LogP contribution in [0.1, 0.15) is 76.8 Å². The van der Waals surface area contributed by atoms with Gasteiger partial charge in [-0.2, -0.15) is 0 Å². The van der Waals surface area contributed by atoms with Gasteiger partial charge in [0.2, 0.25) is 0 Å². The van der Waals surface area contributed by atoms with Crippen LogP contribution in [0.25, 0.3) is 0 Å². The Balaban J connectivity index is 1.55. The Morgan fingerprint density at radius 2 is 0.966 bits per heavy atom. The second kappa shape index (κ2) is 11.3. The number of rotatable bonds is 12. The maximum absolute atomic E-state index is 13.6. The average Bonchev–Trinajstić information content (AvgIpc) is 2.66. The van der Waals surface area contributed by atoms with E-state index in [1.165, 1.54) is 24.3 Å². The Morgan fingerprint density at radius 3 is 1.28 bits per heavy atom. The highest BCUT2D eigenvalue weighted by Crippen LogP contribution is 2.16. The number of aromatic carboxylic acids is 2. The quantitative estimate of drug-likeness (QED) is 0.433. The second-order valence-corrected chi connectivity index (χ2v) is 7.21. The molecule has 2 aromatic carbocycles. The Bertz CT molecular complexity index is 779. The van der Waals surface area contributed by atoms with Crippen LogP contribution in [0.3, 0.4) is 0 Å². The molecule has 2 N–H and O–H groups in total. The highest BCUT2D eigenvalue weighted by Gasteiger charge is 2.11. The van der Waals surface area contributed by atoms with E-state index in [1.54, 1.807) is 12.1 Å². The zero-order valence-corrected chi connectivity index (χ0v) is 16.3. The summed E-state index contributed by atoms with van der Waals surface area (Å²) in [6.07, 6.45) is 8.65. The summed E-state index contributed by atoms with van der Waals surface area (Å²) in [4.78, 5) is 21.6. The first kappa shape index (κ1) is 22.5. The van der Waals surface area contributed by atoms with Gasteiger partial charge in [-0.05, 0) is 61.1 Å². The van der Waals surface area contributed by atoms with Gasteiger partial charge in [0.25, 0.3) is 0 Å². The summed E-state index contributed by atoms with van der Waals surface area (Å²) in [5.41, 5.74) is 1.03. The zero-order valence-electron chi connectivity index (χ0n) is 16.3. The molecule has 0 spiro atoms. The summed E-state index contributed by atoms with van der Waals surface area (Å²) < 4.78 is 27.2. The molecule has 0 radical (unpaired) electrons. The lowest BCUT2D eigenvalue weighted by Gasteiger charge is -2.05. The molecule has 0 saturated carbocycles. The lowest BCUT2D eigenvalue weighted by atomic mass is 10.0. The first-order chi connectivity index (χ1) is 13.9. The zero-order chi connectivity index (χ0) is 21.2. The molecule has 156 valence electrons. The molecule has 2 aromatic rings. The molecule has 6 heteroatoms. The lowest BCUT2D eigenvalue weighted by molar-refractivity contribution is 0.0680. The Kier molecular flexibility index (Phi) is 8.77. The van der Waals surface area contributed by atoms with Crippen LogP contribution in [0.15, 0.2) is 36.4 Å². The third-order valence-electron chi connectivity index (χ3n) is 4.96. The number of carboxylic acid groups (broad SMARTS) is 2. The number of carboxylic acids is 2. The van der Waals surface area contributed by atoms with Crippen molar-refractivity contribution in [3.8, 4) is 0 Å². The number of halogens is 2. The minimum absolute atomic E-state index is 0.297. The molecule has 0 aliphatic rings.